The summed E-state index contributed by atoms with van der Waals surface area (Å²) in [6, 6.07) is 8.82. The Morgan fingerprint density at radius 2 is 1.62 bits per heavy atom. The summed E-state index contributed by atoms with van der Waals surface area (Å²) < 4.78 is 0. The number of rotatable bonds is 3. The first-order valence-corrected chi connectivity index (χ1v) is 8.86. The molecular weight excluding hydrogens is 345 g/mol. The maximum Gasteiger partial charge on any atom is 0.272 e. The van der Waals surface area contributed by atoms with Gasteiger partial charge in [0, 0.05) is 40.7 Å². The van der Waals surface area contributed by atoms with Gasteiger partial charge in [-0.3, -0.25) is 9.78 Å². The molecule has 1 fully saturated rings. The molecule has 4 nitrogen and oxygen atoms in total. The molecule has 1 N–H and O–H groups in total. The van der Waals surface area contributed by atoms with Gasteiger partial charge in [-0.15, -0.1) is 0 Å². The van der Waals surface area contributed by atoms with Gasteiger partial charge in [0.05, 0.1) is 0 Å². The second-order valence-corrected chi connectivity index (χ2v) is 6.79. The van der Waals surface area contributed by atoms with Crippen molar-refractivity contribution in [2.75, 3.05) is 18.4 Å². The molecule has 126 valence electrons. The molecule has 0 aliphatic carbocycles. The maximum atomic E-state index is 12.7. The lowest BCUT2D eigenvalue weighted by molar-refractivity contribution is 0.0756. The van der Waals surface area contributed by atoms with Gasteiger partial charge < -0.3 is 10.2 Å². The highest BCUT2D eigenvalue weighted by molar-refractivity contribution is 6.35. The van der Waals surface area contributed by atoms with Gasteiger partial charge in [0.1, 0.15) is 5.69 Å². The Balaban J connectivity index is 1.77. The van der Waals surface area contributed by atoms with E-state index in [1.54, 1.807) is 30.5 Å². The number of nitrogens with zero attached hydrogens (tertiary/aromatic N) is 2. The summed E-state index contributed by atoms with van der Waals surface area (Å²) in [7, 11) is 0. The summed E-state index contributed by atoms with van der Waals surface area (Å²) in [6.45, 7) is 1.62. The topological polar surface area (TPSA) is 45.2 Å². The van der Waals surface area contributed by atoms with E-state index in [9.17, 15) is 4.79 Å². The molecule has 0 bridgehead atoms. The molecule has 0 saturated carbocycles. The third kappa shape index (κ3) is 4.40. The van der Waals surface area contributed by atoms with Crippen LogP contribution in [0.1, 0.15) is 36.2 Å². The van der Waals surface area contributed by atoms with Gasteiger partial charge in [-0.05, 0) is 43.2 Å². The summed E-state index contributed by atoms with van der Waals surface area (Å²) in [4.78, 5) is 18.8. The minimum atomic E-state index is -0.00956. The summed E-state index contributed by atoms with van der Waals surface area (Å²) in [5, 5.41) is 4.33. The van der Waals surface area contributed by atoms with Gasteiger partial charge in [-0.1, -0.05) is 36.0 Å². The van der Waals surface area contributed by atoms with Crippen LogP contribution in [0.3, 0.4) is 0 Å². The van der Waals surface area contributed by atoms with Crippen molar-refractivity contribution in [3.8, 4) is 0 Å². The summed E-state index contributed by atoms with van der Waals surface area (Å²) >= 11 is 12.0. The Labute approximate surface area is 151 Å². The van der Waals surface area contributed by atoms with E-state index in [-0.39, 0.29) is 5.91 Å². The zero-order chi connectivity index (χ0) is 16.9. The first-order valence-electron chi connectivity index (χ1n) is 8.10. The molecule has 1 aliphatic rings. The Hall–Kier alpha value is -1.78. The number of likely N-dealkylation sites (tertiary alicyclic amines) is 1. The van der Waals surface area contributed by atoms with Gasteiger partial charge in [0.2, 0.25) is 0 Å². The van der Waals surface area contributed by atoms with Crippen LogP contribution in [0.15, 0.2) is 36.5 Å². The fourth-order valence-electron chi connectivity index (χ4n) is 2.85. The fourth-order valence-corrected chi connectivity index (χ4v) is 3.38. The molecule has 1 saturated heterocycles. The van der Waals surface area contributed by atoms with Crippen LogP contribution in [0.5, 0.6) is 0 Å². The number of hydrogen-bond acceptors (Lipinski definition) is 3. The maximum absolute atomic E-state index is 12.7. The van der Waals surface area contributed by atoms with Crippen LogP contribution in [0, 0.1) is 0 Å². The Morgan fingerprint density at radius 3 is 2.29 bits per heavy atom. The van der Waals surface area contributed by atoms with Crippen molar-refractivity contribution >= 4 is 40.5 Å². The van der Waals surface area contributed by atoms with Crippen LogP contribution in [-0.2, 0) is 0 Å². The lowest BCUT2D eigenvalue weighted by Gasteiger charge is -2.20. The fraction of sp³-hybridized carbons (Fsp3) is 0.333. The number of halogens is 2. The number of carbonyl (C=O) groups excluding carboxylic acids is 1. The van der Waals surface area contributed by atoms with Gasteiger partial charge in [-0.2, -0.15) is 0 Å². The zero-order valence-corrected chi connectivity index (χ0v) is 14.8. The lowest BCUT2D eigenvalue weighted by atomic mass is 10.2. The van der Waals surface area contributed by atoms with E-state index in [0.717, 1.165) is 37.3 Å². The van der Waals surface area contributed by atoms with E-state index in [1.165, 1.54) is 12.8 Å². The number of amides is 1. The number of hydrogen-bond donors (Lipinski definition) is 1. The molecule has 1 aromatic heterocycles. The predicted molar refractivity (Wildman–Crippen MR) is 98.4 cm³/mol. The van der Waals surface area contributed by atoms with Crippen molar-refractivity contribution < 1.29 is 4.79 Å². The van der Waals surface area contributed by atoms with Gasteiger partial charge >= 0.3 is 0 Å². The summed E-state index contributed by atoms with van der Waals surface area (Å²) in [5.74, 6) is -0.00956. The Morgan fingerprint density at radius 1 is 0.958 bits per heavy atom. The first kappa shape index (κ1) is 17.1. The molecule has 2 aromatic rings. The van der Waals surface area contributed by atoms with E-state index in [1.807, 2.05) is 11.0 Å². The number of pyridine rings is 1. The normalized spacial score (nSPS) is 15.0. The smallest absolute Gasteiger partial charge is 0.272 e. The van der Waals surface area contributed by atoms with Crippen LogP contribution in [0.2, 0.25) is 10.0 Å². The largest absolute Gasteiger partial charge is 0.355 e. The van der Waals surface area contributed by atoms with Crippen molar-refractivity contribution in [3.05, 3.63) is 52.3 Å². The monoisotopic (exact) mass is 363 g/mol. The highest BCUT2D eigenvalue weighted by Gasteiger charge is 2.18. The van der Waals surface area contributed by atoms with Crippen LogP contribution in [-0.4, -0.2) is 28.9 Å². The molecular formula is C18H19Cl2N3O. The highest BCUT2D eigenvalue weighted by Crippen LogP contribution is 2.25. The van der Waals surface area contributed by atoms with E-state index in [0.29, 0.717) is 15.7 Å². The third-order valence-electron chi connectivity index (χ3n) is 4.02. The molecule has 1 aliphatic heterocycles. The minimum absolute atomic E-state index is 0.00956. The average molecular weight is 364 g/mol. The second kappa shape index (κ2) is 7.86. The Kier molecular flexibility index (Phi) is 5.59. The molecule has 1 aromatic carbocycles. The molecule has 0 unspecified atom stereocenters. The number of benzene rings is 1. The predicted octanol–water partition coefficient (Wildman–Crippen LogP) is 5.15. The van der Waals surface area contributed by atoms with Crippen LogP contribution in [0.25, 0.3) is 0 Å². The van der Waals surface area contributed by atoms with E-state index >= 15 is 0 Å². The third-order valence-corrected chi connectivity index (χ3v) is 4.46. The number of aromatic nitrogens is 1. The van der Waals surface area contributed by atoms with Crippen molar-refractivity contribution in [1.29, 1.82) is 0 Å². The van der Waals surface area contributed by atoms with Gasteiger partial charge in [0.25, 0.3) is 5.91 Å². The van der Waals surface area contributed by atoms with Gasteiger partial charge in [0.15, 0.2) is 0 Å². The highest BCUT2D eigenvalue weighted by atomic mass is 35.5. The molecule has 24 heavy (non-hydrogen) atoms. The second-order valence-electron chi connectivity index (χ2n) is 5.92. The molecule has 3 rings (SSSR count). The molecule has 1 amide bonds. The molecule has 6 heteroatoms. The average Bonchev–Trinajstić information content (AvgIpc) is 2.82. The van der Waals surface area contributed by atoms with Crippen LogP contribution < -0.4 is 5.32 Å². The quantitative estimate of drug-likeness (QED) is 0.819. The Bertz CT molecular complexity index is 708. The van der Waals surface area contributed by atoms with Crippen molar-refractivity contribution in [2.45, 2.75) is 25.7 Å². The molecule has 0 atom stereocenters. The first-order chi connectivity index (χ1) is 11.6. The molecule has 2 heterocycles. The van der Waals surface area contributed by atoms with E-state index in [4.69, 9.17) is 23.2 Å². The van der Waals surface area contributed by atoms with Crippen molar-refractivity contribution in [3.63, 3.8) is 0 Å². The van der Waals surface area contributed by atoms with Crippen LogP contribution >= 0.6 is 23.2 Å². The number of carbonyl (C=O) groups is 1. The summed E-state index contributed by atoms with van der Waals surface area (Å²) in [5.41, 5.74) is 2.00. The SMILES string of the molecule is O=C(c1cc(Nc2cc(Cl)cc(Cl)c2)ccn1)N1CCCCCC1. The minimum Gasteiger partial charge on any atom is -0.355 e. The van der Waals surface area contributed by atoms with Crippen molar-refractivity contribution in [1.82, 2.24) is 9.88 Å². The van der Waals surface area contributed by atoms with E-state index < -0.39 is 0 Å². The molecule has 0 spiro atoms. The number of anilines is 2. The van der Waals surface area contributed by atoms with E-state index in [2.05, 4.69) is 10.3 Å². The summed E-state index contributed by atoms with van der Waals surface area (Å²) in [6.07, 6.45) is 6.14. The van der Waals surface area contributed by atoms with Gasteiger partial charge in [-0.25, -0.2) is 0 Å². The lowest BCUT2D eigenvalue weighted by Crippen LogP contribution is -2.32. The zero-order valence-electron chi connectivity index (χ0n) is 13.3. The number of nitrogens with one attached hydrogen (secondary N) is 1. The van der Waals surface area contributed by atoms with Crippen molar-refractivity contribution in [2.24, 2.45) is 0 Å². The molecule has 0 radical (unpaired) electrons. The van der Waals surface area contributed by atoms with Crippen LogP contribution in [0.4, 0.5) is 11.4 Å². The standard InChI is InChI=1S/C18H19Cl2N3O/c19-13-9-14(20)11-16(10-13)22-15-5-6-21-17(12-15)18(24)23-7-3-1-2-4-8-23/h5-6,9-12H,1-4,7-8H2,(H,21,22).